The van der Waals surface area contributed by atoms with E-state index in [4.69, 9.17) is 5.73 Å². The van der Waals surface area contributed by atoms with E-state index in [1.54, 1.807) is 11.3 Å². The van der Waals surface area contributed by atoms with E-state index in [-0.39, 0.29) is 0 Å². The molecule has 2 aromatic heterocycles. The number of imidazole rings is 1. The Balaban J connectivity index is 2.48. The van der Waals surface area contributed by atoms with Gasteiger partial charge in [-0.15, -0.1) is 11.3 Å². The summed E-state index contributed by atoms with van der Waals surface area (Å²) in [7, 11) is 0. The lowest BCUT2D eigenvalue weighted by Gasteiger charge is -2.01. The Morgan fingerprint density at radius 3 is 3.00 bits per heavy atom. The molecule has 2 N–H and O–H groups in total. The van der Waals surface area contributed by atoms with Crippen molar-refractivity contribution in [3.05, 3.63) is 22.5 Å². The molecule has 2 heterocycles. The largest absolute Gasteiger partial charge is 0.330 e. The molecule has 0 unspecified atom stereocenters. The third-order valence-corrected chi connectivity index (χ3v) is 3.39. The molecule has 0 radical (unpaired) electrons. The van der Waals surface area contributed by atoms with Gasteiger partial charge in [0.15, 0.2) is 4.96 Å². The van der Waals surface area contributed by atoms with Gasteiger partial charge in [-0.3, -0.25) is 4.40 Å². The van der Waals surface area contributed by atoms with Gasteiger partial charge >= 0.3 is 0 Å². The van der Waals surface area contributed by atoms with Crippen molar-refractivity contribution in [2.24, 2.45) is 5.73 Å². The molecule has 0 spiro atoms. The molecule has 3 nitrogen and oxygen atoms in total. The Morgan fingerprint density at radius 2 is 2.29 bits per heavy atom. The number of nitrogens with two attached hydrogens (primary N) is 1. The summed E-state index contributed by atoms with van der Waals surface area (Å²) in [5.74, 6) is 0. The van der Waals surface area contributed by atoms with Crippen LogP contribution in [0.1, 0.15) is 23.5 Å². The molecule has 0 bridgehead atoms. The van der Waals surface area contributed by atoms with Crippen molar-refractivity contribution in [3.8, 4) is 0 Å². The number of hydrogen-bond acceptors (Lipinski definition) is 3. The quantitative estimate of drug-likeness (QED) is 0.839. The van der Waals surface area contributed by atoms with E-state index in [1.165, 1.54) is 11.4 Å². The molecule has 76 valence electrons. The minimum atomic E-state index is 0.746. The zero-order valence-corrected chi connectivity index (χ0v) is 9.40. The van der Waals surface area contributed by atoms with Gasteiger partial charge in [0.2, 0.25) is 0 Å². The molecule has 0 saturated heterocycles. The second-order valence-electron chi connectivity index (χ2n) is 3.53. The number of hydrogen-bond donors (Lipinski definition) is 1. The van der Waals surface area contributed by atoms with Crippen molar-refractivity contribution in [2.45, 2.75) is 26.7 Å². The van der Waals surface area contributed by atoms with Gasteiger partial charge in [0, 0.05) is 16.8 Å². The minimum absolute atomic E-state index is 0.746. The molecule has 2 rings (SSSR count). The summed E-state index contributed by atoms with van der Waals surface area (Å²) < 4.78 is 2.25. The molecule has 14 heavy (non-hydrogen) atoms. The average Bonchev–Trinajstić information content (AvgIpc) is 2.64. The van der Waals surface area contributed by atoms with Crippen LogP contribution in [0.5, 0.6) is 0 Å². The summed E-state index contributed by atoms with van der Waals surface area (Å²) >= 11 is 1.70. The third-order valence-electron chi connectivity index (χ3n) is 2.45. The van der Waals surface area contributed by atoms with Crippen LogP contribution in [-0.4, -0.2) is 15.9 Å². The van der Waals surface area contributed by atoms with Crippen molar-refractivity contribution >= 4 is 16.3 Å². The predicted molar refractivity (Wildman–Crippen MR) is 59.9 cm³/mol. The molecular weight excluding hydrogens is 194 g/mol. The molecule has 0 atom stereocenters. The standard InChI is InChI=1S/C10H15N3S/c1-7-6-14-10-12-8(2)9(13(7)10)4-3-5-11/h6H,3-5,11H2,1-2H3. The molecule has 2 aromatic rings. The number of aromatic nitrogens is 2. The predicted octanol–water partition coefficient (Wildman–Crippen LogP) is 1.90. The van der Waals surface area contributed by atoms with Crippen LogP contribution in [0, 0.1) is 13.8 Å². The summed E-state index contributed by atoms with van der Waals surface area (Å²) in [6, 6.07) is 0. The van der Waals surface area contributed by atoms with Gasteiger partial charge in [-0.25, -0.2) is 4.98 Å². The Morgan fingerprint density at radius 1 is 1.50 bits per heavy atom. The van der Waals surface area contributed by atoms with E-state index in [1.807, 2.05) is 0 Å². The summed E-state index contributed by atoms with van der Waals surface area (Å²) in [4.78, 5) is 5.63. The molecule has 0 aliphatic rings. The highest BCUT2D eigenvalue weighted by molar-refractivity contribution is 7.15. The first-order chi connectivity index (χ1) is 6.74. The fraction of sp³-hybridized carbons (Fsp3) is 0.500. The van der Waals surface area contributed by atoms with E-state index >= 15 is 0 Å². The van der Waals surface area contributed by atoms with Crippen LogP contribution in [0.3, 0.4) is 0 Å². The third kappa shape index (κ3) is 1.44. The van der Waals surface area contributed by atoms with Gasteiger partial charge in [-0.1, -0.05) is 0 Å². The van der Waals surface area contributed by atoms with Crippen LogP contribution in [0.15, 0.2) is 5.38 Å². The lowest BCUT2D eigenvalue weighted by Crippen LogP contribution is -2.03. The molecule has 0 aliphatic heterocycles. The van der Waals surface area contributed by atoms with Crippen LogP contribution >= 0.6 is 11.3 Å². The minimum Gasteiger partial charge on any atom is -0.330 e. The number of rotatable bonds is 3. The van der Waals surface area contributed by atoms with Gasteiger partial charge in [-0.05, 0) is 33.2 Å². The lowest BCUT2D eigenvalue weighted by atomic mass is 10.2. The van der Waals surface area contributed by atoms with E-state index < -0.39 is 0 Å². The van der Waals surface area contributed by atoms with Crippen molar-refractivity contribution in [1.82, 2.24) is 9.38 Å². The highest BCUT2D eigenvalue weighted by Crippen LogP contribution is 2.21. The van der Waals surface area contributed by atoms with Crippen LogP contribution in [-0.2, 0) is 6.42 Å². The second-order valence-corrected chi connectivity index (χ2v) is 4.37. The molecule has 0 fully saturated rings. The number of thiazole rings is 1. The fourth-order valence-electron chi connectivity index (χ4n) is 1.73. The smallest absolute Gasteiger partial charge is 0.194 e. The van der Waals surface area contributed by atoms with Crippen LogP contribution in [0.2, 0.25) is 0 Å². The molecule has 0 saturated carbocycles. The summed E-state index contributed by atoms with van der Waals surface area (Å²) in [5.41, 5.74) is 9.27. The van der Waals surface area contributed by atoms with Crippen molar-refractivity contribution in [3.63, 3.8) is 0 Å². The number of fused-ring (bicyclic) bond motifs is 1. The number of nitrogens with zero attached hydrogens (tertiary/aromatic N) is 2. The van der Waals surface area contributed by atoms with Crippen molar-refractivity contribution in [1.29, 1.82) is 0 Å². The van der Waals surface area contributed by atoms with E-state index in [9.17, 15) is 0 Å². The van der Waals surface area contributed by atoms with Crippen molar-refractivity contribution < 1.29 is 0 Å². The fourth-order valence-corrected chi connectivity index (χ4v) is 2.66. The molecule has 0 amide bonds. The highest BCUT2D eigenvalue weighted by Gasteiger charge is 2.10. The molecule has 4 heteroatoms. The maximum Gasteiger partial charge on any atom is 0.194 e. The van der Waals surface area contributed by atoms with E-state index in [0.717, 1.165) is 30.0 Å². The van der Waals surface area contributed by atoms with Gasteiger partial charge in [-0.2, -0.15) is 0 Å². The Labute approximate surface area is 87.6 Å². The first-order valence-corrected chi connectivity index (χ1v) is 5.74. The zero-order chi connectivity index (χ0) is 10.1. The lowest BCUT2D eigenvalue weighted by molar-refractivity contribution is 0.793. The van der Waals surface area contributed by atoms with E-state index in [0.29, 0.717) is 0 Å². The van der Waals surface area contributed by atoms with Gasteiger partial charge in [0.25, 0.3) is 0 Å². The van der Waals surface area contributed by atoms with Gasteiger partial charge in [0.1, 0.15) is 0 Å². The van der Waals surface area contributed by atoms with E-state index in [2.05, 4.69) is 28.6 Å². The summed E-state index contributed by atoms with van der Waals surface area (Å²) in [5, 5.41) is 2.15. The van der Waals surface area contributed by atoms with Crippen LogP contribution < -0.4 is 5.73 Å². The Hall–Kier alpha value is -0.870. The summed E-state index contributed by atoms with van der Waals surface area (Å²) in [6.07, 6.45) is 2.06. The van der Waals surface area contributed by atoms with Gasteiger partial charge < -0.3 is 5.73 Å². The molecular formula is C10H15N3S. The second kappa shape index (κ2) is 3.71. The Kier molecular flexibility index (Phi) is 2.56. The maximum atomic E-state index is 5.53. The number of aryl methyl sites for hydroxylation is 3. The van der Waals surface area contributed by atoms with Crippen molar-refractivity contribution in [2.75, 3.05) is 6.54 Å². The highest BCUT2D eigenvalue weighted by atomic mass is 32.1. The SMILES string of the molecule is Cc1nc2scc(C)n2c1CCCN. The zero-order valence-electron chi connectivity index (χ0n) is 8.58. The first-order valence-electron chi connectivity index (χ1n) is 4.86. The summed E-state index contributed by atoms with van der Waals surface area (Å²) in [6.45, 7) is 4.94. The van der Waals surface area contributed by atoms with Crippen LogP contribution in [0.25, 0.3) is 4.96 Å². The molecule has 0 aromatic carbocycles. The topological polar surface area (TPSA) is 43.3 Å². The maximum absolute atomic E-state index is 5.53. The monoisotopic (exact) mass is 209 g/mol. The molecule has 0 aliphatic carbocycles. The van der Waals surface area contributed by atoms with Gasteiger partial charge in [0.05, 0.1) is 5.69 Å². The average molecular weight is 209 g/mol. The Bertz CT molecular complexity index is 441. The first kappa shape index (κ1) is 9.68. The normalized spacial score (nSPS) is 11.4. The van der Waals surface area contributed by atoms with Crippen LogP contribution in [0.4, 0.5) is 0 Å².